The molecule has 1 aromatic carbocycles. The molecule has 1 aliphatic heterocycles. The van der Waals surface area contributed by atoms with E-state index in [1.54, 1.807) is 18.8 Å². The summed E-state index contributed by atoms with van der Waals surface area (Å²) in [6, 6.07) is 7.93. The molecule has 1 aromatic rings. The highest BCUT2D eigenvalue weighted by molar-refractivity contribution is 7.99. The number of benzene rings is 1. The van der Waals surface area contributed by atoms with Crippen LogP contribution in [0.15, 0.2) is 57.3 Å². The van der Waals surface area contributed by atoms with Gasteiger partial charge in [-0.1, -0.05) is 25.1 Å². The number of allylic oxidation sites excluding steroid dienone is 2. The summed E-state index contributed by atoms with van der Waals surface area (Å²) in [6.45, 7) is 6.68. The third kappa shape index (κ3) is 3.86. The quantitative estimate of drug-likeness (QED) is 0.534. The van der Waals surface area contributed by atoms with Crippen LogP contribution in [0.4, 0.5) is 13.2 Å². The van der Waals surface area contributed by atoms with Crippen molar-refractivity contribution in [1.82, 2.24) is 9.80 Å². The molecule has 0 bridgehead atoms. The van der Waals surface area contributed by atoms with E-state index in [2.05, 4.69) is 18.6 Å². The Morgan fingerprint density at radius 1 is 1.28 bits per heavy atom. The smallest absolute Gasteiger partial charge is 0.347 e. The average molecular weight is 369 g/mol. The standard InChI is InChI=1S/C18H22F3N3S/c1-6-25-15-10-8-7-9-13(15)17-23(4)14(16(22-3)24(17)5)11-12(2)18(19,20)21/h7-11,17H,3,6H2,1-2,4-5H3/b12-11+. The van der Waals surface area contributed by atoms with Crippen LogP contribution in [0, 0.1) is 0 Å². The van der Waals surface area contributed by atoms with Crippen molar-refractivity contribution in [2.75, 3.05) is 19.8 Å². The minimum Gasteiger partial charge on any atom is -0.347 e. The van der Waals surface area contributed by atoms with Crippen LogP contribution < -0.4 is 0 Å². The lowest BCUT2D eigenvalue weighted by Crippen LogP contribution is -2.28. The highest BCUT2D eigenvalue weighted by atomic mass is 32.2. The third-order valence-corrected chi connectivity index (χ3v) is 5.10. The molecule has 7 heteroatoms. The lowest BCUT2D eigenvalue weighted by Gasteiger charge is -2.30. The van der Waals surface area contributed by atoms with Gasteiger partial charge in [0.05, 0.1) is 5.70 Å². The van der Waals surface area contributed by atoms with Crippen molar-refractivity contribution in [2.45, 2.75) is 31.1 Å². The number of aliphatic imine (C=N–C) groups is 1. The maximum atomic E-state index is 13.0. The van der Waals surface area contributed by atoms with E-state index >= 15 is 0 Å². The first kappa shape index (κ1) is 19.4. The van der Waals surface area contributed by atoms with E-state index in [4.69, 9.17) is 0 Å². The van der Waals surface area contributed by atoms with Gasteiger partial charge in [-0.15, -0.1) is 11.8 Å². The molecule has 0 aliphatic carbocycles. The molecule has 0 N–H and O–H groups in total. The van der Waals surface area contributed by atoms with Crippen LogP contribution in [0.5, 0.6) is 0 Å². The number of alkyl halides is 3. The van der Waals surface area contributed by atoms with Gasteiger partial charge in [-0.05, 0) is 31.5 Å². The highest BCUT2D eigenvalue weighted by Crippen LogP contribution is 2.42. The SMILES string of the molecule is C=NC1=C(/C=C(\C)C(F)(F)F)N(C)C(c2ccccc2SCC)N1C. The Hall–Kier alpha value is -1.89. The van der Waals surface area contributed by atoms with Crippen molar-refractivity contribution in [3.63, 3.8) is 0 Å². The van der Waals surface area contributed by atoms with Gasteiger partial charge in [0.25, 0.3) is 0 Å². The summed E-state index contributed by atoms with van der Waals surface area (Å²) in [4.78, 5) is 8.76. The first-order valence-electron chi connectivity index (χ1n) is 7.86. The molecule has 1 heterocycles. The molecule has 1 aliphatic rings. The van der Waals surface area contributed by atoms with Gasteiger partial charge in [0, 0.05) is 30.1 Å². The van der Waals surface area contributed by atoms with Gasteiger partial charge in [0.15, 0.2) is 5.82 Å². The molecule has 0 radical (unpaired) electrons. The Balaban J connectivity index is 2.49. The zero-order chi connectivity index (χ0) is 18.8. The molecule has 25 heavy (non-hydrogen) atoms. The van der Waals surface area contributed by atoms with E-state index < -0.39 is 11.7 Å². The lowest BCUT2D eigenvalue weighted by atomic mass is 10.1. The van der Waals surface area contributed by atoms with Crippen molar-refractivity contribution in [3.05, 3.63) is 53.0 Å². The molecule has 136 valence electrons. The fourth-order valence-electron chi connectivity index (χ4n) is 2.89. The number of nitrogens with zero attached hydrogens (tertiary/aromatic N) is 3. The zero-order valence-electron chi connectivity index (χ0n) is 14.8. The summed E-state index contributed by atoms with van der Waals surface area (Å²) in [7, 11) is 3.60. The van der Waals surface area contributed by atoms with Crippen molar-refractivity contribution < 1.29 is 13.2 Å². The van der Waals surface area contributed by atoms with Gasteiger partial charge < -0.3 is 9.80 Å². The summed E-state index contributed by atoms with van der Waals surface area (Å²) in [5.74, 6) is 1.35. The van der Waals surface area contributed by atoms with Crippen LogP contribution in [0.3, 0.4) is 0 Å². The molecule has 0 saturated heterocycles. The maximum absolute atomic E-state index is 13.0. The third-order valence-electron chi connectivity index (χ3n) is 4.12. The Morgan fingerprint density at radius 2 is 1.92 bits per heavy atom. The first-order chi connectivity index (χ1) is 11.7. The van der Waals surface area contributed by atoms with Crippen LogP contribution in [-0.2, 0) is 0 Å². The number of likely N-dealkylation sites (N-methyl/N-ethyl adjacent to an activating group) is 1. The average Bonchev–Trinajstić information content (AvgIpc) is 2.78. The van der Waals surface area contributed by atoms with Gasteiger partial charge in [0.1, 0.15) is 6.17 Å². The molecular weight excluding hydrogens is 347 g/mol. The second kappa shape index (κ2) is 7.56. The fraction of sp³-hybridized carbons (Fsp3) is 0.389. The van der Waals surface area contributed by atoms with Gasteiger partial charge in [0.2, 0.25) is 0 Å². The molecular formula is C18H22F3N3S. The Morgan fingerprint density at radius 3 is 2.48 bits per heavy atom. The van der Waals surface area contributed by atoms with Crippen molar-refractivity contribution >= 4 is 18.5 Å². The van der Waals surface area contributed by atoms with Gasteiger partial charge >= 0.3 is 6.18 Å². The summed E-state index contributed by atoms with van der Waals surface area (Å²) >= 11 is 1.71. The van der Waals surface area contributed by atoms with Crippen LogP contribution in [0.1, 0.15) is 25.6 Å². The molecule has 3 nitrogen and oxygen atoms in total. The predicted molar refractivity (Wildman–Crippen MR) is 97.5 cm³/mol. The molecule has 0 fully saturated rings. The van der Waals surface area contributed by atoms with Crippen LogP contribution in [-0.4, -0.2) is 42.5 Å². The Bertz CT molecular complexity index is 710. The van der Waals surface area contributed by atoms with Gasteiger partial charge in [-0.2, -0.15) is 13.2 Å². The number of halogens is 3. The van der Waals surface area contributed by atoms with Gasteiger partial charge in [-0.3, -0.25) is 0 Å². The lowest BCUT2D eigenvalue weighted by molar-refractivity contribution is -0.0914. The van der Waals surface area contributed by atoms with Crippen molar-refractivity contribution in [3.8, 4) is 0 Å². The summed E-state index contributed by atoms with van der Waals surface area (Å²) < 4.78 is 38.9. The van der Waals surface area contributed by atoms with E-state index in [0.717, 1.165) is 29.2 Å². The van der Waals surface area contributed by atoms with E-state index in [1.807, 2.05) is 41.1 Å². The second-order valence-electron chi connectivity index (χ2n) is 5.76. The van der Waals surface area contributed by atoms with Gasteiger partial charge in [-0.25, -0.2) is 4.99 Å². The number of hydrogen-bond acceptors (Lipinski definition) is 4. The molecule has 0 amide bonds. The highest BCUT2D eigenvalue weighted by Gasteiger charge is 2.37. The minimum absolute atomic E-state index is 0.233. The topological polar surface area (TPSA) is 18.8 Å². The van der Waals surface area contributed by atoms with E-state index in [0.29, 0.717) is 11.5 Å². The molecule has 2 rings (SSSR count). The predicted octanol–water partition coefficient (Wildman–Crippen LogP) is 5.05. The summed E-state index contributed by atoms with van der Waals surface area (Å²) in [5, 5.41) is 0. The van der Waals surface area contributed by atoms with Crippen molar-refractivity contribution in [2.24, 2.45) is 4.99 Å². The normalized spacial score (nSPS) is 19.0. The molecule has 1 atom stereocenters. The second-order valence-corrected chi connectivity index (χ2v) is 7.06. The van der Waals surface area contributed by atoms with E-state index in [-0.39, 0.29) is 6.17 Å². The summed E-state index contributed by atoms with van der Waals surface area (Å²) in [6.07, 6.45) is -3.47. The number of rotatable bonds is 5. The van der Waals surface area contributed by atoms with E-state index in [9.17, 15) is 13.2 Å². The monoisotopic (exact) mass is 369 g/mol. The number of thioether (sulfide) groups is 1. The maximum Gasteiger partial charge on any atom is 0.412 e. The first-order valence-corrected chi connectivity index (χ1v) is 8.84. The van der Waals surface area contributed by atoms with E-state index in [1.165, 1.54) is 0 Å². The van der Waals surface area contributed by atoms with Crippen LogP contribution >= 0.6 is 11.8 Å². The van der Waals surface area contributed by atoms with Crippen molar-refractivity contribution in [1.29, 1.82) is 0 Å². The molecule has 1 unspecified atom stereocenters. The molecule has 0 saturated carbocycles. The van der Waals surface area contributed by atoms with Crippen LogP contribution in [0.25, 0.3) is 0 Å². The molecule has 0 aromatic heterocycles. The molecule has 0 spiro atoms. The number of hydrogen-bond donors (Lipinski definition) is 0. The summed E-state index contributed by atoms with van der Waals surface area (Å²) in [5.41, 5.74) is 0.781. The minimum atomic E-state index is -4.37. The largest absolute Gasteiger partial charge is 0.412 e. The zero-order valence-corrected chi connectivity index (χ0v) is 15.6. The Labute approximate surface area is 150 Å². The van der Waals surface area contributed by atoms with Crippen LogP contribution in [0.2, 0.25) is 0 Å². The Kier molecular flexibility index (Phi) is 5.87. The fourth-order valence-corrected chi connectivity index (χ4v) is 3.72.